The number of likely N-dealkylation sites (N-methyl/N-ethyl adjacent to an activating group) is 1. The predicted octanol–water partition coefficient (Wildman–Crippen LogP) is 7.08. The molecule has 0 aliphatic carbocycles. The largest absolute Gasteiger partial charge is 0.480 e. The normalized spacial score (nSPS) is 12.8. The van der Waals surface area contributed by atoms with Crippen LogP contribution in [-0.2, 0) is 17.5 Å². The second kappa shape index (κ2) is 11.0. The first-order valence-electron chi connectivity index (χ1n) is 12.2. The number of aliphatic carboxylic acids is 1. The van der Waals surface area contributed by atoms with Crippen LogP contribution in [0.4, 0.5) is 17.6 Å². The van der Waals surface area contributed by atoms with Crippen molar-refractivity contribution in [3.63, 3.8) is 0 Å². The molecule has 39 heavy (non-hydrogen) atoms. The average molecular weight is 542 g/mol. The minimum atomic E-state index is -4.63. The molecule has 1 unspecified atom stereocenters. The molecular weight excluding hydrogens is 514 g/mol. The van der Waals surface area contributed by atoms with Crippen LogP contribution in [0.2, 0.25) is 0 Å². The highest BCUT2D eigenvalue weighted by molar-refractivity contribution is 5.75. The number of carbonyl (C=O) groups is 1. The first kappa shape index (κ1) is 28.0. The Hall–Kier alpha value is -4.05. The lowest BCUT2D eigenvalue weighted by Gasteiger charge is -2.27. The number of nitrogens with zero attached hydrogens (tertiary/aromatic N) is 3. The van der Waals surface area contributed by atoms with Crippen LogP contribution in [0.3, 0.4) is 0 Å². The number of halogens is 4. The summed E-state index contributed by atoms with van der Waals surface area (Å²) in [5.74, 6) is -1.91. The molecule has 0 fully saturated rings. The van der Waals surface area contributed by atoms with Crippen molar-refractivity contribution in [3.05, 3.63) is 83.2 Å². The quantitative estimate of drug-likeness (QED) is 0.240. The monoisotopic (exact) mass is 541 g/mol. The highest BCUT2D eigenvalue weighted by Gasteiger charge is 2.35. The summed E-state index contributed by atoms with van der Waals surface area (Å²) in [4.78, 5) is 17.3. The Kier molecular flexibility index (Phi) is 7.87. The molecule has 0 aliphatic rings. The Morgan fingerprint density at radius 1 is 1.03 bits per heavy atom. The summed E-state index contributed by atoms with van der Waals surface area (Å²) in [6.07, 6.45) is -4.63. The lowest BCUT2D eigenvalue weighted by molar-refractivity contribution is -0.144. The number of hydrogen-bond donors (Lipinski definition) is 1. The number of carboxylic acids is 1. The Morgan fingerprint density at radius 3 is 2.33 bits per heavy atom. The molecule has 0 radical (unpaired) electrons. The molecule has 1 N–H and O–H groups in total. The van der Waals surface area contributed by atoms with E-state index >= 15 is 0 Å². The molecule has 4 rings (SSSR count). The molecule has 204 valence electrons. The first-order valence-corrected chi connectivity index (χ1v) is 12.2. The fraction of sp³-hybridized carbons (Fsp3) is 0.276. The molecule has 10 heteroatoms. The number of rotatable bonds is 8. The third-order valence-electron chi connectivity index (χ3n) is 6.52. The average Bonchev–Trinajstić information content (AvgIpc) is 3.35. The standard InChI is InChI=1S/C29H27F4N3O3/c1-16(2)25(28(37)38)36(4)15-20-10-9-18(14-24(20)30)26-34-27(39-35-26)19-11-12-22(23(13-19)29(31,32)33)21-8-6-5-7-17(21)3/h5-14,16,25H,15H2,1-4H3,(H,37,38). The summed E-state index contributed by atoms with van der Waals surface area (Å²) in [6.45, 7) is 5.35. The lowest BCUT2D eigenvalue weighted by Crippen LogP contribution is -2.42. The fourth-order valence-corrected chi connectivity index (χ4v) is 4.64. The zero-order valence-electron chi connectivity index (χ0n) is 21.8. The zero-order valence-corrected chi connectivity index (χ0v) is 21.8. The van der Waals surface area contributed by atoms with Crippen LogP contribution in [-0.4, -0.2) is 39.2 Å². The van der Waals surface area contributed by atoms with Crippen LogP contribution in [0, 0.1) is 18.7 Å². The fourth-order valence-electron chi connectivity index (χ4n) is 4.64. The van der Waals surface area contributed by atoms with Crippen molar-refractivity contribution >= 4 is 5.97 Å². The van der Waals surface area contributed by atoms with Crippen molar-refractivity contribution in [2.75, 3.05) is 7.05 Å². The molecule has 0 bridgehead atoms. The van der Waals surface area contributed by atoms with Gasteiger partial charge in [0.2, 0.25) is 5.82 Å². The van der Waals surface area contributed by atoms with E-state index in [9.17, 15) is 27.5 Å². The summed E-state index contributed by atoms with van der Waals surface area (Å²) in [6, 6.07) is 14.1. The molecule has 0 spiro atoms. The smallest absolute Gasteiger partial charge is 0.417 e. The number of hydrogen-bond acceptors (Lipinski definition) is 5. The Morgan fingerprint density at radius 2 is 1.72 bits per heavy atom. The van der Waals surface area contributed by atoms with Gasteiger partial charge in [0.05, 0.1) is 5.56 Å². The molecule has 0 saturated heterocycles. The van der Waals surface area contributed by atoms with E-state index in [2.05, 4.69) is 10.1 Å². The Labute approximate surface area is 222 Å². The minimum absolute atomic E-state index is 0.00550. The molecule has 6 nitrogen and oxygen atoms in total. The predicted molar refractivity (Wildman–Crippen MR) is 138 cm³/mol. The third-order valence-corrected chi connectivity index (χ3v) is 6.52. The van der Waals surface area contributed by atoms with Crippen molar-refractivity contribution in [2.45, 2.75) is 39.5 Å². The van der Waals surface area contributed by atoms with Gasteiger partial charge in [0.1, 0.15) is 11.9 Å². The second-order valence-corrected chi connectivity index (χ2v) is 9.74. The van der Waals surface area contributed by atoms with Gasteiger partial charge in [-0.25, -0.2) is 4.39 Å². The van der Waals surface area contributed by atoms with Gasteiger partial charge in [-0.2, -0.15) is 18.2 Å². The van der Waals surface area contributed by atoms with E-state index in [4.69, 9.17) is 4.52 Å². The summed E-state index contributed by atoms with van der Waals surface area (Å²) >= 11 is 0. The summed E-state index contributed by atoms with van der Waals surface area (Å²) < 4.78 is 62.2. The second-order valence-electron chi connectivity index (χ2n) is 9.74. The first-order chi connectivity index (χ1) is 18.4. The van der Waals surface area contributed by atoms with E-state index in [0.29, 0.717) is 11.1 Å². The molecule has 3 aromatic carbocycles. The maximum Gasteiger partial charge on any atom is 0.417 e. The molecule has 1 aromatic heterocycles. The van der Waals surface area contributed by atoms with Gasteiger partial charge in [0.15, 0.2) is 0 Å². The van der Waals surface area contributed by atoms with Gasteiger partial charge in [0.25, 0.3) is 5.89 Å². The number of carboxylic acid groups (broad SMARTS) is 1. The maximum atomic E-state index is 14.9. The number of alkyl halides is 3. The molecule has 1 heterocycles. The van der Waals surface area contributed by atoms with Crippen LogP contribution in [0.15, 0.2) is 65.2 Å². The van der Waals surface area contributed by atoms with E-state index in [1.54, 1.807) is 63.1 Å². The van der Waals surface area contributed by atoms with Crippen LogP contribution in [0.25, 0.3) is 34.0 Å². The van der Waals surface area contributed by atoms with E-state index in [1.807, 2.05) is 0 Å². The summed E-state index contributed by atoms with van der Waals surface area (Å²) in [7, 11) is 1.61. The summed E-state index contributed by atoms with van der Waals surface area (Å²) in [5, 5.41) is 13.3. The minimum Gasteiger partial charge on any atom is -0.480 e. The van der Waals surface area contributed by atoms with Crippen LogP contribution in [0.5, 0.6) is 0 Å². The molecule has 0 saturated carbocycles. The topological polar surface area (TPSA) is 79.5 Å². The van der Waals surface area contributed by atoms with Gasteiger partial charge in [-0.05, 0) is 54.8 Å². The van der Waals surface area contributed by atoms with Crippen molar-refractivity contribution in [1.29, 1.82) is 0 Å². The van der Waals surface area contributed by atoms with Crippen molar-refractivity contribution in [1.82, 2.24) is 15.0 Å². The molecule has 0 aliphatic heterocycles. The van der Waals surface area contributed by atoms with Gasteiger partial charge in [-0.1, -0.05) is 61.5 Å². The van der Waals surface area contributed by atoms with Crippen LogP contribution < -0.4 is 0 Å². The molecule has 4 aromatic rings. The van der Waals surface area contributed by atoms with E-state index in [1.165, 1.54) is 24.3 Å². The van der Waals surface area contributed by atoms with Crippen molar-refractivity contribution in [3.8, 4) is 34.0 Å². The van der Waals surface area contributed by atoms with Gasteiger partial charge >= 0.3 is 12.1 Å². The number of aryl methyl sites for hydroxylation is 1. The number of aromatic nitrogens is 2. The maximum absolute atomic E-state index is 14.9. The Balaban J connectivity index is 1.62. The van der Waals surface area contributed by atoms with Gasteiger partial charge in [0, 0.05) is 23.2 Å². The van der Waals surface area contributed by atoms with Crippen LogP contribution >= 0.6 is 0 Å². The summed E-state index contributed by atoms with van der Waals surface area (Å²) in [5.41, 5.74) is 0.982. The van der Waals surface area contributed by atoms with Crippen LogP contribution in [0.1, 0.15) is 30.5 Å². The van der Waals surface area contributed by atoms with Gasteiger partial charge in [-0.15, -0.1) is 0 Å². The van der Waals surface area contributed by atoms with Crippen molar-refractivity contribution < 1.29 is 32.0 Å². The SMILES string of the molecule is Cc1ccccc1-c1ccc(-c2nc(-c3ccc(CN(C)C(C(=O)O)C(C)C)c(F)c3)no2)cc1C(F)(F)F. The van der Waals surface area contributed by atoms with Gasteiger partial charge in [-0.3, -0.25) is 9.69 Å². The lowest BCUT2D eigenvalue weighted by atomic mass is 9.94. The van der Waals surface area contributed by atoms with Crippen molar-refractivity contribution in [2.24, 2.45) is 5.92 Å². The number of benzene rings is 3. The third kappa shape index (κ3) is 6.01. The molecule has 1 atom stereocenters. The Bertz CT molecular complexity index is 1500. The van der Waals surface area contributed by atoms with E-state index in [0.717, 1.165) is 6.07 Å². The van der Waals surface area contributed by atoms with E-state index < -0.39 is 29.6 Å². The zero-order chi connectivity index (χ0) is 28.5. The molecule has 0 amide bonds. The van der Waals surface area contributed by atoms with E-state index in [-0.39, 0.29) is 46.4 Å². The highest BCUT2D eigenvalue weighted by atomic mass is 19.4. The van der Waals surface area contributed by atoms with Gasteiger partial charge < -0.3 is 9.63 Å². The molecular formula is C29H27F4N3O3. The highest BCUT2D eigenvalue weighted by Crippen LogP contribution is 2.40.